The molecule has 0 unspecified atom stereocenters. The predicted octanol–water partition coefficient (Wildman–Crippen LogP) is 5.35. The van der Waals surface area contributed by atoms with Gasteiger partial charge in [0.05, 0.1) is 22.0 Å². The van der Waals surface area contributed by atoms with Gasteiger partial charge in [-0.3, -0.25) is 14.4 Å². The van der Waals surface area contributed by atoms with Crippen molar-refractivity contribution in [2.24, 2.45) is 0 Å². The molecular weight excluding hydrogens is 503 g/mol. The number of amides is 1. The number of carbonyl (C=O) groups excluding carboxylic acids is 1. The van der Waals surface area contributed by atoms with Crippen molar-refractivity contribution in [1.29, 1.82) is 0 Å². The fraction of sp³-hybridized carbons (Fsp3) is 0.211. The Balaban J connectivity index is 1.87. The third kappa shape index (κ3) is 5.67. The topological polar surface area (TPSA) is 92.3 Å². The Morgan fingerprint density at radius 3 is 2.35 bits per heavy atom. The van der Waals surface area contributed by atoms with E-state index in [2.05, 4.69) is 15.5 Å². The van der Waals surface area contributed by atoms with Crippen LogP contribution in [0.1, 0.15) is 13.3 Å². The number of nitrogens with one attached hydrogen (secondary N) is 1. The minimum absolute atomic E-state index is 0.180. The van der Waals surface area contributed by atoms with Crippen LogP contribution in [0.2, 0.25) is 15.1 Å². The minimum Gasteiger partial charge on any atom is -0.299 e. The Morgan fingerprint density at radius 1 is 1.10 bits per heavy atom. The third-order valence-electron chi connectivity index (χ3n) is 4.23. The Morgan fingerprint density at radius 2 is 1.77 bits per heavy atom. The molecule has 12 heteroatoms. The number of hydrogen-bond acceptors (Lipinski definition) is 6. The second-order valence-electron chi connectivity index (χ2n) is 6.49. The number of anilines is 2. The van der Waals surface area contributed by atoms with Crippen LogP contribution in [0.25, 0.3) is 10.6 Å². The number of carbonyl (C=O) groups is 1. The van der Waals surface area contributed by atoms with Crippen LogP contribution < -0.4 is 9.62 Å². The SMILES string of the molecule is CC[C@@H](C(=O)Nc1nnc(-c2ccc(Cl)cc2)s1)N(c1ccc(Cl)c(Cl)c1)S(C)(=O)=O. The lowest BCUT2D eigenvalue weighted by molar-refractivity contribution is -0.117. The molecule has 3 rings (SSSR count). The first-order valence-corrected chi connectivity index (χ1v) is 12.7. The molecule has 164 valence electrons. The molecule has 0 aliphatic heterocycles. The van der Waals surface area contributed by atoms with Crippen LogP contribution in [-0.4, -0.2) is 36.8 Å². The van der Waals surface area contributed by atoms with Gasteiger partial charge in [-0.25, -0.2) is 8.42 Å². The minimum atomic E-state index is -3.81. The summed E-state index contributed by atoms with van der Waals surface area (Å²) < 4.78 is 26.1. The van der Waals surface area contributed by atoms with Crippen molar-refractivity contribution >= 4 is 72.9 Å². The molecule has 1 amide bonds. The number of aromatic nitrogens is 2. The maximum absolute atomic E-state index is 13.0. The summed E-state index contributed by atoms with van der Waals surface area (Å²) in [7, 11) is -3.81. The summed E-state index contributed by atoms with van der Waals surface area (Å²) in [5.41, 5.74) is 1.03. The van der Waals surface area contributed by atoms with E-state index in [1.165, 1.54) is 18.2 Å². The van der Waals surface area contributed by atoms with E-state index >= 15 is 0 Å². The fourth-order valence-corrected chi connectivity index (χ4v) is 5.23. The van der Waals surface area contributed by atoms with Gasteiger partial charge in [0.15, 0.2) is 0 Å². The molecular formula is C19H17Cl3N4O3S2. The first-order chi connectivity index (χ1) is 14.6. The number of halogens is 3. The van der Waals surface area contributed by atoms with E-state index in [4.69, 9.17) is 34.8 Å². The van der Waals surface area contributed by atoms with Gasteiger partial charge in [0, 0.05) is 10.6 Å². The number of hydrogen-bond donors (Lipinski definition) is 1. The largest absolute Gasteiger partial charge is 0.299 e. The van der Waals surface area contributed by atoms with Crippen molar-refractivity contribution in [2.75, 3.05) is 15.9 Å². The first-order valence-electron chi connectivity index (χ1n) is 8.95. The maximum Gasteiger partial charge on any atom is 0.250 e. The molecule has 2 aromatic carbocycles. The van der Waals surface area contributed by atoms with Crippen LogP contribution in [0.15, 0.2) is 42.5 Å². The molecule has 31 heavy (non-hydrogen) atoms. The monoisotopic (exact) mass is 518 g/mol. The summed E-state index contributed by atoms with van der Waals surface area (Å²) in [6, 6.07) is 10.4. The van der Waals surface area contributed by atoms with Gasteiger partial charge < -0.3 is 0 Å². The smallest absolute Gasteiger partial charge is 0.250 e. The summed E-state index contributed by atoms with van der Waals surface area (Å²) >= 11 is 19.1. The highest BCUT2D eigenvalue weighted by Gasteiger charge is 2.32. The Labute approximate surface area is 199 Å². The molecule has 1 atom stereocenters. The van der Waals surface area contributed by atoms with Gasteiger partial charge in [0.1, 0.15) is 11.0 Å². The number of rotatable bonds is 7. The zero-order valence-corrected chi connectivity index (χ0v) is 20.2. The number of sulfonamides is 1. The Bertz CT molecular complexity index is 1200. The van der Waals surface area contributed by atoms with Crippen molar-refractivity contribution in [3.63, 3.8) is 0 Å². The Kier molecular flexibility index (Phi) is 7.43. The van der Waals surface area contributed by atoms with E-state index in [1.54, 1.807) is 31.2 Å². The highest BCUT2D eigenvalue weighted by atomic mass is 35.5. The van der Waals surface area contributed by atoms with Crippen molar-refractivity contribution < 1.29 is 13.2 Å². The van der Waals surface area contributed by atoms with Crippen LogP contribution in [0.4, 0.5) is 10.8 Å². The summed E-state index contributed by atoms with van der Waals surface area (Å²) in [4.78, 5) is 13.0. The van der Waals surface area contributed by atoms with Gasteiger partial charge >= 0.3 is 0 Å². The molecule has 1 heterocycles. The molecule has 0 fully saturated rings. The van der Waals surface area contributed by atoms with Crippen LogP contribution >= 0.6 is 46.1 Å². The molecule has 0 bridgehead atoms. The molecule has 0 aliphatic carbocycles. The van der Waals surface area contributed by atoms with E-state index in [0.717, 1.165) is 27.5 Å². The van der Waals surface area contributed by atoms with Gasteiger partial charge in [-0.2, -0.15) is 0 Å². The quantitative estimate of drug-likeness (QED) is 0.454. The van der Waals surface area contributed by atoms with Gasteiger partial charge in [0.25, 0.3) is 0 Å². The van der Waals surface area contributed by atoms with Crippen molar-refractivity contribution in [2.45, 2.75) is 19.4 Å². The number of benzene rings is 2. The van der Waals surface area contributed by atoms with E-state index in [0.29, 0.717) is 10.0 Å². The number of nitrogens with zero attached hydrogens (tertiary/aromatic N) is 3. The van der Waals surface area contributed by atoms with Crippen LogP contribution in [0.5, 0.6) is 0 Å². The summed E-state index contributed by atoms with van der Waals surface area (Å²) in [5, 5.41) is 12.6. The maximum atomic E-state index is 13.0. The molecule has 1 N–H and O–H groups in total. The normalized spacial score (nSPS) is 12.4. The second kappa shape index (κ2) is 9.70. The van der Waals surface area contributed by atoms with E-state index in [-0.39, 0.29) is 27.3 Å². The highest BCUT2D eigenvalue weighted by molar-refractivity contribution is 7.92. The molecule has 0 aliphatic rings. The summed E-state index contributed by atoms with van der Waals surface area (Å²) in [5.74, 6) is -0.544. The molecule has 0 radical (unpaired) electrons. The second-order valence-corrected chi connectivity index (χ2v) is 10.6. The summed E-state index contributed by atoms with van der Waals surface area (Å²) in [6.07, 6.45) is 1.23. The zero-order valence-electron chi connectivity index (χ0n) is 16.3. The van der Waals surface area contributed by atoms with Crippen LogP contribution in [-0.2, 0) is 14.8 Å². The average molecular weight is 520 g/mol. The average Bonchev–Trinajstić information content (AvgIpc) is 3.16. The first kappa shape index (κ1) is 23.7. The van der Waals surface area contributed by atoms with Crippen molar-refractivity contribution in [3.05, 3.63) is 57.5 Å². The van der Waals surface area contributed by atoms with Crippen LogP contribution in [0.3, 0.4) is 0 Å². The molecule has 1 aromatic heterocycles. The fourth-order valence-electron chi connectivity index (χ4n) is 2.85. The molecule has 0 saturated heterocycles. The molecule has 7 nitrogen and oxygen atoms in total. The van der Waals surface area contributed by atoms with E-state index in [1.807, 2.05) is 0 Å². The Hall–Kier alpha value is -1.91. The lowest BCUT2D eigenvalue weighted by atomic mass is 10.2. The van der Waals surface area contributed by atoms with Gasteiger partial charge in [-0.1, -0.05) is 65.2 Å². The standard InChI is InChI=1S/C19H17Cl3N4O3S2/c1-3-16(26(31(2,28)29)13-8-9-14(21)15(22)10-13)17(27)23-19-25-24-18(30-19)11-4-6-12(20)7-5-11/h4-10,16H,3H2,1-2H3,(H,23,25,27)/t16-/m0/s1. The van der Waals surface area contributed by atoms with E-state index < -0.39 is 22.0 Å². The van der Waals surface area contributed by atoms with Gasteiger partial charge in [-0.15, -0.1) is 10.2 Å². The summed E-state index contributed by atoms with van der Waals surface area (Å²) in [6.45, 7) is 1.71. The third-order valence-corrected chi connectivity index (χ3v) is 7.29. The van der Waals surface area contributed by atoms with Crippen molar-refractivity contribution in [3.8, 4) is 10.6 Å². The van der Waals surface area contributed by atoms with Crippen LogP contribution in [0, 0.1) is 0 Å². The van der Waals surface area contributed by atoms with Gasteiger partial charge in [0.2, 0.25) is 21.1 Å². The van der Waals surface area contributed by atoms with Crippen molar-refractivity contribution in [1.82, 2.24) is 10.2 Å². The lowest BCUT2D eigenvalue weighted by Crippen LogP contribution is -2.47. The zero-order chi connectivity index (χ0) is 22.8. The molecule has 0 spiro atoms. The van der Waals surface area contributed by atoms with Gasteiger partial charge in [-0.05, 0) is 36.8 Å². The molecule has 0 saturated carbocycles. The van der Waals surface area contributed by atoms with E-state index in [9.17, 15) is 13.2 Å². The predicted molar refractivity (Wildman–Crippen MR) is 127 cm³/mol. The highest BCUT2D eigenvalue weighted by Crippen LogP contribution is 2.31. The lowest BCUT2D eigenvalue weighted by Gasteiger charge is -2.30. The molecule has 3 aromatic rings.